The van der Waals surface area contributed by atoms with E-state index >= 15 is 0 Å². The van der Waals surface area contributed by atoms with Crippen molar-refractivity contribution < 1.29 is 14.3 Å². The van der Waals surface area contributed by atoms with E-state index in [0.29, 0.717) is 22.2 Å². The average Bonchev–Trinajstić information content (AvgIpc) is 2.49. The number of benzene rings is 2. The third-order valence-corrected chi connectivity index (χ3v) is 4.02. The van der Waals surface area contributed by atoms with Gasteiger partial charge in [0, 0.05) is 11.1 Å². The summed E-state index contributed by atoms with van der Waals surface area (Å²) in [5.41, 5.74) is 3.61. The van der Waals surface area contributed by atoms with Crippen LogP contribution < -0.4 is 14.8 Å². The summed E-state index contributed by atoms with van der Waals surface area (Å²) in [7, 11) is 1.53. The molecule has 2 aromatic rings. The van der Waals surface area contributed by atoms with E-state index in [1.807, 2.05) is 32.9 Å². The molecule has 0 aliphatic rings. The maximum Gasteiger partial charge on any atom is 0.265 e. The van der Waals surface area contributed by atoms with Crippen LogP contribution in [0.2, 0.25) is 5.02 Å². The summed E-state index contributed by atoms with van der Waals surface area (Å²) in [6.07, 6.45) is -0.646. The summed E-state index contributed by atoms with van der Waals surface area (Å²) in [6.45, 7) is 7.56. The topological polar surface area (TPSA) is 47.6 Å². The molecular weight excluding hydrogens is 326 g/mol. The zero-order chi connectivity index (χ0) is 17.9. The molecule has 0 aliphatic carbocycles. The molecule has 5 heteroatoms. The van der Waals surface area contributed by atoms with Crippen LogP contribution in [0.15, 0.2) is 30.3 Å². The number of hydrogen-bond donors (Lipinski definition) is 1. The van der Waals surface area contributed by atoms with E-state index in [0.717, 1.165) is 16.7 Å². The lowest BCUT2D eigenvalue weighted by atomic mass is 10.1. The first kappa shape index (κ1) is 18.1. The third-order valence-electron chi connectivity index (χ3n) is 3.62. The Balaban J connectivity index is 2.13. The van der Waals surface area contributed by atoms with E-state index in [4.69, 9.17) is 21.1 Å². The number of amides is 1. The number of carbonyl (C=O) groups is 1. The van der Waals surface area contributed by atoms with Gasteiger partial charge in [-0.05, 0) is 62.6 Å². The highest BCUT2D eigenvalue weighted by atomic mass is 35.5. The quantitative estimate of drug-likeness (QED) is 0.854. The highest BCUT2D eigenvalue weighted by Crippen LogP contribution is 2.31. The highest BCUT2D eigenvalue weighted by Gasteiger charge is 2.18. The van der Waals surface area contributed by atoms with Gasteiger partial charge in [-0.25, -0.2) is 0 Å². The van der Waals surface area contributed by atoms with Gasteiger partial charge in [-0.1, -0.05) is 17.7 Å². The Morgan fingerprint density at radius 2 is 1.71 bits per heavy atom. The average molecular weight is 348 g/mol. The van der Waals surface area contributed by atoms with Crippen LogP contribution in [0.1, 0.15) is 23.6 Å². The maximum atomic E-state index is 12.4. The van der Waals surface area contributed by atoms with Crippen molar-refractivity contribution in [3.8, 4) is 11.5 Å². The number of methoxy groups -OCH3 is 1. The van der Waals surface area contributed by atoms with Crippen LogP contribution >= 0.6 is 11.6 Å². The molecule has 0 heterocycles. The van der Waals surface area contributed by atoms with Gasteiger partial charge >= 0.3 is 0 Å². The minimum absolute atomic E-state index is 0.255. The zero-order valence-corrected chi connectivity index (χ0v) is 15.3. The summed E-state index contributed by atoms with van der Waals surface area (Å²) in [5, 5.41) is 3.42. The van der Waals surface area contributed by atoms with Crippen molar-refractivity contribution in [2.24, 2.45) is 0 Å². The molecule has 1 atom stereocenters. The minimum atomic E-state index is -0.646. The fourth-order valence-corrected chi connectivity index (χ4v) is 2.58. The molecule has 0 fully saturated rings. The Labute approximate surface area is 147 Å². The molecule has 2 rings (SSSR count). The van der Waals surface area contributed by atoms with E-state index in [1.54, 1.807) is 19.1 Å². The SMILES string of the molecule is COc1cc(Cl)c(C)cc1NC(=O)C(C)Oc1cc(C)cc(C)c1. The van der Waals surface area contributed by atoms with Crippen molar-refractivity contribution in [1.82, 2.24) is 0 Å². The van der Waals surface area contributed by atoms with E-state index in [2.05, 4.69) is 11.4 Å². The number of anilines is 1. The lowest BCUT2D eigenvalue weighted by molar-refractivity contribution is -0.122. The molecule has 24 heavy (non-hydrogen) atoms. The van der Waals surface area contributed by atoms with Gasteiger partial charge in [0.25, 0.3) is 5.91 Å². The lowest BCUT2D eigenvalue weighted by Gasteiger charge is -2.17. The summed E-state index contributed by atoms with van der Waals surface area (Å²) in [4.78, 5) is 12.4. The predicted octanol–water partition coefficient (Wildman–Crippen LogP) is 4.68. The largest absolute Gasteiger partial charge is 0.495 e. The second kappa shape index (κ2) is 7.58. The molecule has 1 amide bonds. The van der Waals surface area contributed by atoms with Crippen molar-refractivity contribution >= 4 is 23.2 Å². The smallest absolute Gasteiger partial charge is 0.265 e. The number of nitrogens with one attached hydrogen (secondary N) is 1. The summed E-state index contributed by atoms with van der Waals surface area (Å²) in [6, 6.07) is 9.33. The number of ether oxygens (including phenoxy) is 2. The first-order valence-electron chi connectivity index (χ1n) is 7.70. The van der Waals surface area contributed by atoms with Gasteiger partial charge in [-0.3, -0.25) is 4.79 Å². The van der Waals surface area contributed by atoms with Crippen LogP contribution in [0.4, 0.5) is 5.69 Å². The van der Waals surface area contributed by atoms with E-state index in [-0.39, 0.29) is 5.91 Å². The van der Waals surface area contributed by atoms with Crippen LogP contribution in [0, 0.1) is 20.8 Å². The van der Waals surface area contributed by atoms with E-state index in [1.165, 1.54) is 7.11 Å². The molecular formula is C19H22ClNO3. The van der Waals surface area contributed by atoms with Crippen LogP contribution in [0.25, 0.3) is 0 Å². The Kier molecular flexibility index (Phi) is 5.73. The predicted molar refractivity (Wildman–Crippen MR) is 97.4 cm³/mol. The first-order chi connectivity index (χ1) is 11.3. The molecule has 0 saturated carbocycles. The lowest BCUT2D eigenvalue weighted by Crippen LogP contribution is -2.30. The zero-order valence-electron chi connectivity index (χ0n) is 14.6. The monoisotopic (exact) mass is 347 g/mol. The Bertz CT molecular complexity index is 738. The van der Waals surface area contributed by atoms with Gasteiger partial charge < -0.3 is 14.8 Å². The van der Waals surface area contributed by atoms with E-state index in [9.17, 15) is 4.79 Å². The Morgan fingerprint density at radius 1 is 1.08 bits per heavy atom. The normalized spacial score (nSPS) is 11.8. The molecule has 1 unspecified atom stereocenters. The molecule has 1 N–H and O–H groups in total. The maximum absolute atomic E-state index is 12.4. The Morgan fingerprint density at radius 3 is 2.29 bits per heavy atom. The van der Waals surface area contributed by atoms with Crippen molar-refractivity contribution in [3.05, 3.63) is 52.0 Å². The second-order valence-corrected chi connectivity index (χ2v) is 6.28. The Hall–Kier alpha value is -2.20. The molecule has 0 aromatic heterocycles. The number of hydrogen-bond acceptors (Lipinski definition) is 3. The van der Waals surface area contributed by atoms with Gasteiger partial charge in [0.2, 0.25) is 0 Å². The first-order valence-corrected chi connectivity index (χ1v) is 8.08. The molecule has 128 valence electrons. The summed E-state index contributed by atoms with van der Waals surface area (Å²) in [5.74, 6) is 0.932. The van der Waals surface area contributed by atoms with Gasteiger partial charge in [0.1, 0.15) is 11.5 Å². The van der Waals surface area contributed by atoms with Gasteiger partial charge in [0.15, 0.2) is 6.10 Å². The van der Waals surface area contributed by atoms with Crippen molar-refractivity contribution in [1.29, 1.82) is 0 Å². The van der Waals surface area contributed by atoms with Gasteiger partial charge in [-0.2, -0.15) is 0 Å². The van der Waals surface area contributed by atoms with Crippen LogP contribution in [-0.4, -0.2) is 19.1 Å². The number of rotatable bonds is 5. The van der Waals surface area contributed by atoms with E-state index < -0.39 is 6.10 Å². The summed E-state index contributed by atoms with van der Waals surface area (Å²) < 4.78 is 11.0. The highest BCUT2D eigenvalue weighted by molar-refractivity contribution is 6.31. The standard InChI is InChI=1S/C19H22ClNO3/c1-11-6-12(2)8-15(7-11)24-14(4)19(22)21-17-9-13(3)16(20)10-18(17)23-5/h6-10,14H,1-5H3,(H,21,22). The fraction of sp³-hybridized carbons (Fsp3) is 0.316. The minimum Gasteiger partial charge on any atom is -0.495 e. The van der Waals surface area contributed by atoms with Crippen molar-refractivity contribution in [2.75, 3.05) is 12.4 Å². The van der Waals surface area contributed by atoms with Crippen LogP contribution in [-0.2, 0) is 4.79 Å². The summed E-state index contributed by atoms with van der Waals surface area (Å²) >= 11 is 6.08. The molecule has 0 saturated heterocycles. The van der Waals surface area contributed by atoms with Crippen LogP contribution in [0.5, 0.6) is 11.5 Å². The fourth-order valence-electron chi connectivity index (χ4n) is 2.42. The van der Waals surface area contributed by atoms with Gasteiger partial charge in [-0.15, -0.1) is 0 Å². The van der Waals surface area contributed by atoms with Crippen molar-refractivity contribution in [3.63, 3.8) is 0 Å². The molecule has 0 radical (unpaired) electrons. The molecule has 0 bridgehead atoms. The number of carbonyl (C=O) groups excluding carboxylic acids is 1. The van der Waals surface area contributed by atoms with Crippen molar-refractivity contribution in [2.45, 2.75) is 33.8 Å². The molecule has 0 spiro atoms. The third kappa shape index (κ3) is 4.42. The number of halogens is 1. The molecule has 0 aliphatic heterocycles. The van der Waals surface area contributed by atoms with Gasteiger partial charge in [0.05, 0.1) is 12.8 Å². The molecule has 4 nitrogen and oxygen atoms in total. The second-order valence-electron chi connectivity index (χ2n) is 5.87. The van der Waals surface area contributed by atoms with Crippen LogP contribution in [0.3, 0.4) is 0 Å². The molecule has 2 aromatic carbocycles. The number of aryl methyl sites for hydroxylation is 3.